The van der Waals surface area contributed by atoms with Crippen molar-refractivity contribution in [2.45, 2.75) is 52.4 Å². The minimum Gasteiger partial charge on any atom is -0.394 e. The van der Waals surface area contributed by atoms with Crippen LogP contribution in [0.3, 0.4) is 0 Å². The number of hydrogen-bond donors (Lipinski definition) is 0. The van der Waals surface area contributed by atoms with Crippen molar-refractivity contribution in [3.8, 4) is 0 Å². The normalized spacial score (nSPS) is 67.6. The van der Waals surface area contributed by atoms with Crippen molar-refractivity contribution in [3.63, 3.8) is 0 Å². The zero-order valence-electron chi connectivity index (χ0n) is 16.5. The summed E-state index contributed by atoms with van der Waals surface area (Å²) in [6.07, 6.45) is 0. The Labute approximate surface area is 166 Å². The van der Waals surface area contributed by atoms with Crippen LogP contribution in [-0.4, -0.2) is 69.0 Å². The maximum atomic E-state index is 6.61. The van der Waals surface area contributed by atoms with E-state index >= 15 is 0 Å². The van der Waals surface area contributed by atoms with Crippen molar-refractivity contribution in [2.75, 3.05) is 0 Å². The van der Waals surface area contributed by atoms with Crippen LogP contribution in [0.2, 0.25) is 52.4 Å². The van der Waals surface area contributed by atoms with Crippen LogP contribution in [-0.2, 0) is 45.3 Å². The molecular formula is C8H24O11Si8. The number of hydrogen-bond acceptors (Lipinski definition) is 11. The van der Waals surface area contributed by atoms with Gasteiger partial charge in [-0.25, -0.2) is 0 Å². The molecule has 0 spiro atoms. The lowest BCUT2D eigenvalue weighted by Crippen LogP contribution is -2.77. The fraction of sp³-hybridized carbons (Fsp3) is 1.00. The van der Waals surface area contributed by atoms with E-state index in [9.17, 15) is 0 Å². The summed E-state index contributed by atoms with van der Waals surface area (Å²) in [5.41, 5.74) is 0. The van der Waals surface area contributed by atoms with E-state index in [4.69, 9.17) is 45.3 Å². The monoisotopic (exact) mass is 520 g/mol. The molecule has 6 fully saturated rings. The molecule has 6 heterocycles. The predicted molar refractivity (Wildman–Crippen MR) is 105 cm³/mol. The molecular weight excluding hydrogens is 497 g/mol. The summed E-state index contributed by atoms with van der Waals surface area (Å²) < 4.78 is 71.4. The molecule has 8 bridgehead atoms. The van der Waals surface area contributed by atoms with Crippen LogP contribution in [0.15, 0.2) is 0 Å². The highest BCUT2D eigenvalue weighted by Crippen LogP contribution is 2.50. The van der Waals surface area contributed by atoms with Gasteiger partial charge in [-0.05, 0) is 13.1 Å². The minimum absolute atomic E-state index is 1.79. The van der Waals surface area contributed by atoms with Gasteiger partial charge in [-0.1, -0.05) is 0 Å². The highest BCUT2D eigenvalue weighted by atomic mass is 29.3. The van der Waals surface area contributed by atoms with Gasteiger partial charge in [0.15, 0.2) is 0 Å². The Balaban J connectivity index is 1.84. The van der Waals surface area contributed by atoms with Gasteiger partial charge in [0, 0.05) is 39.3 Å². The van der Waals surface area contributed by atoms with Gasteiger partial charge in [0.25, 0.3) is 0 Å². The number of rotatable bonds is 0. The smallest absolute Gasteiger partial charge is 0.394 e. The molecule has 6 aliphatic heterocycles. The van der Waals surface area contributed by atoms with Crippen molar-refractivity contribution in [3.05, 3.63) is 0 Å². The zero-order chi connectivity index (χ0) is 19.8. The van der Waals surface area contributed by atoms with Crippen LogP contribution in [0.4, 0.5) is 0 Å². The molecule has 0 saturated carbocycles. The minimum atomic E-state index is -3.32. The molecule has 7 unspecified atom stereocenters. The van der Waals surface area contributed by atoms with Gasteiger partial charge in [0.05, 0.1) is 0 Å². The Bertz CT molecular complexity index is 630. The largest absolute Gasteiger partial charge is 0.475 e. The summed E-state index contributed by atoms with van der Waals surface area (Å²) in [6.45, 7) is 14.7. The van der Waals surface area contributed by atoms with Gasteiger partial charge in [-0.3, -0.25) is 0 Å². The van der Waals surface area contributed by atoms with Crippen molar-refractivity contribution in [1.29, 1.82) is 0 Å². The van der Waals surface area contributed by atoms with Crippen molar-refractivity contribution >= 4 is 69.0 Å². The Morgan fingerprint density at radius 3 is 0.593 bits per heavy atom. The molecule has 8 atom stereocenters. The second-order valence-corrected chi connectivity index (χ2v) is 36.8. The van der Waals surface area contributed by atoms with E-state index in [1.54, 1.807) is 13.1 Å². The molecule has 0 N–H and O–H groups in total. The van der Waals surface area contributed by atoms with Crippen LogP contribution in [0, 0.1) is 0 Å². The van der Waals surface area contributed by atoms with E-state index in [0.29, 0.717) is 0 Å². The Hall–Kier alpha value is 1.30. The summed E-state index contributed by atoms with van der Waals surface area (Å²) in [6, 6.07) is 0. The van der Waals surface area contributed by atoms with Gasteiger partial charge < -0.3 is 45.3 Å². The van der Waals surface area contributed by atoms with Gasteiger partial charge in [-0.15, -0.1) is 0 Å². The molecule has 27 heavy (non-hydrogen) atoms. The molecule has 154 valence electrons. The fourth-order valence-corrected chi connectivity index (χ4v) is 61.9. The fourth-order valence-electron chi connectivity index (χ4n) is 4.56. The first-order valence-corrected chi connectivity index (χ1v) is 27.7. The van der Waals surface area contributed by atoms with Crippen LogP contribution < -0.4 is 0 Å². The van der Waals surface area contributed by atoms with Gasteiger partial charge >= 0.3 is 69.0 Å². The Morgan fingerprint density at radius 2 is 0.407 bits per heavy atom. The lowest BCUT2D eigenvalue weighted by Gasteiger charge is -2.52. The second-order valence-electron chi connectivity index (χ2n) is 8.19. The molecule has 19 heteroatoms. The molecule has 0 aromatic carbocycles. The molecule has 0 amide bonds. The Morgan fingerprint density at radius 1 is 0.259 bits per heavy atom. The third-order valence-corrected chi connectivity index (χ3v) is 48.1. The average molecular weight is 521 g/mol. The highest BCUT2D eigenvalue weighted by molar-refractivity contribution is 7.37. The van der Waals surface area contributed by atoms with E-state index in [2.05, 4.69) is 0 Å². The van der Waals surface area contributed by atoms with E-state index < -0.39 is 69.0 Å². The quantitative estimate of drug-likeness (QED) is 0.425. The standard InChI is InChI=1S/C8H24O11Si8/c1-20-9-21(2)12-24(5)14-22(3,10-20)16-26(7)17-23(4,11-20)15-25(6,13-21)19-27(26,8)18-24/h1-8H3/t20?,21?,22-,23?,24?,25?,26?,27?/m1/s1. The highest BCUT2D eigenvalue weighted by Gasteiger charge is 2.82. The average Bonchev–Trinajstić information content (AvgIpc) is 2.35. The van der Waals surface area contributed by atoms with Crippen molar-refractivity contribution in [1.82, 2.24) is 0 Å². The molecule has 0 aromatic rings. The molecule has 6 saturated heterocycles. The van der Waals surface area contributed by atoms with Crippen LogP contribution in [0.1, 0.15) is 0 Å². The zero-order valence-corrected chi connectivity index (χ0v) is 24.5. The summed E-state index contributed by atoms with van der Waals surface area (Å²) in [5, 5.41) is 0. The lowest BCUT2D eigenvalue weighted by atomic mass is 11.9. The maximum Gasteiger partial charge on any atom is 0.475 e. The third-order valence-electron chi connectivity index (χ3n) is 4.94. The van der Waals surface area contributed by atoms with E-state index in [1.807, 2.05) is 39.3 Å². The first-order chi connectivity index (χ1) is 12.0. The maximum absolute atomic E-state index is 6.61. The van der Waals surface area contributed by atoms with Crippen LogP contribution in [0.5, 0.6) is 0 Å². The second kappa shape index (κ2) is 5.19. The molecule has 0 aliphatic carbocycles. The Kier molecular flexibility index (Phi) is 3.89. The summed E-state index contributed by atoms with van der Waals surface area (Å²) in [7, 11) is -26.0. The van der Waals surface area contributed by atoms with Crippen LogP contribution in [0.25, 0.3) is 0 Å². The van der Waals surface area contributed by atoms with Gasteiger partial charge in [-0.2, -0.15) is 0 Å². The van der Waals surface area contributed by atoms with E-state index in [1.165, 1.54) is 0 Å². The molecule has 6 aliphatic rings. The first kappa shape index (κ1) is 20.2. The lowest BCUT2D eigenvalue weighted by molar-refractivity contribution is 0.0359. The molecule has 6 rings (SSSR count). The van der Waals surface area contributed by atoms with E-state index in [-0.39, 0.29) is 0 Å². The summed E-state index contributed by atoms with van der Waals surface area (Å²) >= 11 is 0. The van der Waals surface area contributed by atoms with Crippen molar-refractivity contribution < 1.29 is 45.3 Å². The third kappa shape index (κ3) is 3.00. The molecule has 0 radical (unpaired) electrons. The predicted octanol–water partition coefficient (Wildman–Crippen LogP) is 0.872. The molecule has 0 aromatic heterocycles. The van der Waals surface area contributed by atoms with Gasteiger partial charge in [0.2, 0.25) is 0 Å². The molecule has 11 nitrogen and oxygen atoms in total. The summed E-state index contributed by atoms with van der Waals surface area (Å²) in [4.78, 5) is 0. The van der Waals surface area contributed by atoms with E-state index in [0.717, 1.165) is 0 Å². The van der Waals surface area contributed by atoms with Crippen LogP contribution >= 0.6 is 0 Å². The summed E-state index contributed by atoms with van der Waals surface area (Å²) in [5.74, 6) is 0. The van der Waals surface area contributed by atoms with Gasteiger partial charge in [0.1, 0.15) is 0 Å². The first-order valence-electron chi connectivity index (χ1n) is 8.74. The topological polar surface area (TPSA) is 102 Å². The SMILES string of the molecule is C[Si]12O[Si]3(C)O[Si]4(C)O[Si](C)(O1)O[Si@]1(C)O[Si](C)(O2)O[Si](C)(O3)[Si](C)(O4)O1. The van der Waals surface area contributed by atoms with Crippen molar-refractivity contribution in [2.24, 2.45) is 0 Å².